The van der Waals surface area contributed by atoms with E-state index in [0.717, 1.165) is 22.1 Å². The molecule has 0 saturated carbocycles. The number of fused-ring (bicyclic) bond motifs is 1. The summed E-state index contributed by atoms with van der Waals surface area (Å²) in [5.74, 6) is 0.541. The van der Waals surface area contributed by atoms with E-state index in [2.05, 4.69) is 4.98 Å². The number of nitrogens with zero attached hydrogens (tertiary/aromatic N) is 2. The number of methoxy groups -OCH3 is 1. The molecule has 0 aliphatic carbocycles. The quantitative estimate of drug-likeness (QED) is 0.398. The number of anilines is 2. The molecule has 0 bridgehead atoms. The Labute approximate surface area is 185 Å². The van der Waals surface area contributed by atoms with Crippen LogP contribution < -0.4 is 11.5 Å². The van der Waals surface area contributed by atoms with Crippen molar-refractivity contribution < 1.29 is 13.3 Å². The third kappa shape index (κ3) is 4.43. The molecule has 160 valence electrons. The van der Waals surface area contributed by atoms with Crippen molar-refractivity contribution in [2.75, 3.05) is 30.9 Å². The Kier molecular flexibility index (Phi) is 6.26. The predicted octanol–water partition coefficient (Wildman–Crippen LogP) is 4.47. The number of pyridine rings is 2. The standard InChI is InChI=1S/C22H21FN4O2S2/c1-29-9-2-10-31(28)22-20(25)19-16(13-3-6-15(23)7-4-13)11-17(27-21(19)30-22)14-5-8-18(24)26-12-14/h3-8,11-12H,2,9-10,25H2,1H3,(H2,24,26). The van der Waals surface area contributed by atoms with E-state index >= 15 is 0 Å². The van der Waals surface area contributed by atoms with Gasteiger partial charge in [-0.2, -0.15) is 0 Å². The van der Waals surface area contributed by atoms with Gasteiger partial charge in [0.1, 0.15) is 20.7 Å². The number of aromatic nitrogens is 2. The summed E-state index contributed by atoms with van der Waals surface area (Å²) in [5.41, 5.74) is 15.7. The topological polar surface area (TPSA) is 104 Å². The largest absolute Gasteiger partial charge is 0.396 e. The zero-order valence-corrected chi connectivity index (χ0v) is 18.4. The van der Waals surface area contributed by atoms with Crippen molar-refractivity contribution in [1.29, 1.82) is 0 Å². The fourth-order valence-electron chi connectivity index (χ4n) is 3.26. The van der Waals surface area contributed by atoms with Crippen LogP contribution in [-0.4, -0.2) is 33.6 Å². The molecule has 0 radical (unpaired) electrons. The monoisotopic (exact) mass is 456 g/mol. The lowest BCUT2D eigenvalue weighted by atomic mass is 10.0. The second-order valence-electron chi connectivity index (χ2n) is 6.91. The molecule has 6 nitrogen and oxygen atoms in total. The lowest BCUT2D eigenvalue weighted by Gasteiger charge is -2.09. The van der Waals surface area contributed by atoms with E-state index in [1.807, 2.05) is 12.1 Å². The first-order valence-corrected chi connectivity index (χ1v) is 11.7. The van der Waals surface area contributed by atoms with Crippen molar-refractivity contribution in [2.45, 2.75) is 10.6 Å². The molecule has 3 heterocycles. The minimum atomic E-state index is -1.27. The molecule has 1 aromatic carbocycles. The molecule has 1 unspecified atom stereocenters. The minimum Gasteiger partial charge on any atom is -0.396 e. The van der Waals surface area contributed by atoms with Crippen molar-refractivity contribution >= 4 is 43.9 Å². The smallest absolute Gasteiger partial charge is 0.127 e. The summed E-state index contributed by atoms with van der Waals surface area (Å²) in [7, 11) is 0.347. The van der Waals surface area contributed by atoms with Gasteiger partial charge in [-0.05, 0) is 47.9 Å². The molecule has 4 N–H and O–H groups in total. The maximum atomic E-state index is 13.5. The van der Waals surface area contributed by atoms with Gasteiger partial charge in [-0.3, -0.25) is 4.21 Å². The molecule has 0 fully saturated rings. The van der Waals surface area contributed by atoms with E-state index in [4.69, 9.17) is 21.2 Å². The van der Waals surface area contributed by atoms with Crippen LogP contribution in [-0.2, 0) is 15.5 Å². The van der Waals surface area contributed by atoms with Crippen LogP contribution in [0.4, 0.5) is 15.9 Å². The van der Waals surface area contributed by atoms with Crippen molar-refractivity contribution in [3.63, 3.8) is 0 Å². The van der Waals surface area contributed by atoms with E-state index in [1.165, 1.54) is 23.5 Å². The normalized spacial score (nSPS) is 12.3. The van der Waals surface area contributed by atoms with Gasteiger partial charge in [0.25, 0.3) is 0 Å². The Hall–Kier alpha value is -2.88. The molecule has 0 amide bonds. The number of hydrogen-bond donors (Lipinski definition) is 2. The number of ether oxygens (including phenoxy) is 1. The van der Waals surface area contributed by atoms with Crippen LogP contribution in [0.5, 0.6) is 0 Å². The average Bonchev–Trinajstić information content (AvgIpc) is 3.11. The number of hydrogen-bond acceptors (Lipinski definition) is 7. The second-order valence-corrected chi connectivity index (χ2v) is 9.68. The van der Waals surface area contributed by atoms with Crippen molar-refractivity contribution in [3.05, 3.63) is 54.5 Å². The van der Waals surface area contributed by atoms with Gasteiger partial charge in [0.05, 0.1) is 22.2 Å². The molecular formula is C22H21FN4O2S2. The molecule has 0 saturated heterocycles. The number of rotatable bonds is 7. The molecule has 3 aromatic heterocycles. The number of nitrogens with two attached hydrogens (primary N) is 2. The molecule has 0 aliphatic rings. The van der Waals surface area contributed by atoms with Gasteiger partial charge in [0.15, 0.2) is 0 Å². The Morgan fingerprint density at radius 1 is 1.13 bits per heavy atom. The highest BCUT2D eigenvalue weighted by Gasteiger charge is 2.21. The summed E-state index contributed by atoms with van der Waals surface area (Å²) in [6.07, 6.45) is 2.32. The summed E-state index contributed by atoms with van der Waals surface area (Å²) in [5, 5.41) is 0.721. The first kappa shape index (κ1) is 21.4. The SMILES string of the molecule is COCCCS(=O)c1sc2nc(-c3ccc(N)nc3)cc(-c3ccc(F)cc3)c2c1N. The fraction of sp³-hybridized carbons (Fsp3) is 0.182. The number of benzene rings is 1. The summed E-state index contributed by atoms with van der Waals surface area (Å²) in [6.45, 7) is 0.532. The van der Waals surface area contributed by atoms with Crippen molar-refractivity contribution in [3.8, 4) is 22.4 Å². The number of halogens is 1. The number of thiophene rings is 1. The highest BCUT2D eigenvalue weighted by Crippen LogP contribution is 2.42. The lowest BCUT2D eigenvalue weighted by molar-refractivity contribution is 0.200. The Morgan fingerprint density at radius 2 is 1.87 bits per heavy atom. The Balaban J connectivity index is 1.89. The van der Waals surface area contributed by atoms with E-state index < -0.39 is 10.8 Å². The summed E-state index contributed by atoms with van der Waals surface area (Å²) in [6, 6.07) is 11.6. The van der Waals surface area contributed by atoms with Gasteiger partial charge in [-0.15, -0.1) is 11.3 Å². The minimum absolute atomic E-state index is 0.324. The molecule has 9 heteroatoms. The number of nitrogen functional groups attached to an aromatic ring is 2. The van der Waals surface area contributed by atoms with Crippen LogP contribution in [0, 0.1) is 5.82 Å². The summed E-state index contributed by atoms with van der Waals surface area (Å²) < 4.78 is 32.1. The Bertz CT molecular complexity index is 1240. The van der Waals surface area contributed by atoms with Crippen LogP contribution in [0.1, 0.15) is 6.42 Å². The van der Waals surface area contributed by atoms with Gasteiger partial charge >= 0.3 is 0 Å². The summed E-state index contributed by atoms with van der Waals surface area (Å²) >= 11 is 1.32. The Morgan fingerprint density at radius 3 is 2.55 bits per heavy atom. The first-order valence-electron chi connectivity index (χ1n) is 9.56. The van der Waals surface area contributed by atoms with E-state index in [1.54, 1.807) is 31.5 Å². The van der Waals surface area contributed by atoms with E-state index in [-0.39, 0.29) is 5.82 Å². The highest BCUT2D eigenvalue weighted by molar-refractivity contribution is 7.87. The molecule has 4 rings (SSSR count). The molecule has 1 atom stereocenters. The molecule has 31 heavy (non-hydrogen) atoms. The predicted molar refractivity (Wildman–Crippen MR) is 125 cm³/mol. The lowest BCUT2D eigenvalue weighted by Crippen LogP contribution is -2.02. The van der Waals surface area contributed by atoms with Crippen LogP contribution in [0.25, 0.3) is 32.6 Å². The highest BCUT2D eigenvalue weighted by atomic mass is 32.2. The second kappa shape index (κ2) is 9.09. The zero-order valence-electron chi connectivity index (χ0n) is 16.8. The van der Waals surface area contributed by atoms with Gasteiger partial charge in [0.2, 0.25) is 0 Å². The third-order valence-electron chi connectivity index (χ3n) is 4.79. The van der Waals surface area contributed by atoms with E-state index in [9.17, 15) is 8.60 Å². The van der Waals surface area contributed by atoms with Crippen molar-refractivity contribution in [1.82, 2.24) is 9.97 Å². The molecule has 0 spiro atoms. The molecule has 0 aliphatic heterocycles. The maximum Gasteiger partial charge on any atom is 0.127 e. The summed E-state index contributed by atoms with van der Waals surface area (Å²) in [4.78, 5) is 9.58. The van der Waals surface area contributed by atoms with Crippen LogP contribution in [0.2, 0.25) is 0 Å². The van der Waals surface area contributed by atoms with Crippen LogP contribution >= 0.6 is 11.3 Å². The van der Waals surface area contributed by atoms with Gasteiger partial charge < -0.3 is 16.2 Å². The zero-order chi connectivity index (χ0) is 22.0. The maximum absolute atomic E-state index is 13.5. The molecule has 4 aromatic rings. The van der Waals surface area contributed by atoms with Crippen molar-refractivity contribution in [2.24, 2.45) is 0 Å². The van der Waals surface area contributed by atoms with Gasteiger partial charge in [0, 0.05) is 36.6 Å². The third-order valence-corrected chi connectivity index (χ3v) is 7.78. The van der Waals surface area contributed by atoms with Gasteiger partial charge in [-0.25, -0.2) is 14.4 Å². The first-order chi connectivity index (χ1) is 15.0. The molecular weight excluding hydrogens is 435 g/mol. The average molecular weight is 457 g/mol. The van der Waals surface area contributed by atoms with E-state index in [0.29, 0.717) is 45.0 Å². The van der Waals surface area contributed by atoms with Gasteiger partial charge in [-0.1, -0.05) is 12.1 Å². The van der Waals surface area contributed by atoms with Crippen LogP contribution in [0.3, 0.4) is 0 Å². The van der Waals surface area contributed by atoms with Crippen LogP contribution in [0.15, 0.2) is 52.9 Å². The fourth-order valence-corrected chi connectivity index (χ4v) is 5.88.